The Bertz CT molecular complexity index is 564. The minimum atomic E-state index is -0.694. The number of rotatable bonds is 0. The summed E-state index contributed by atoms with van der Waals surface area (Å²) in [6.07, 6.45) is 3.96. The number of hydrogen-bond donors (Lipinski definition) is 2. The van der Waals surface area contributed by atoms with Gasteiger partial charge in [-0.3, -0.25) is 4.79 Å². The molecule has 0 bridgehead atoms. The first kappa shape index (κ1) is 13.3. The summed E-state index contributed by atoms with van der Waals surface area (Å²) >= 11 is 9.71. The van der Waals surface area contributed by atoms with E-state index in [1.54, 1.807) is 6.20 Å². The van der Waals surface area contributed by atoms with E-state index in [0.29, 0.717) is 41.0 Å². The van der Waals surface area contributed by atoms with Crippen LogP contribution in [-0.2, 0) is 10.2 Å². The second kappa shape index (κ2) is 4.17. The van der Waals surface area contributed by atoms with Crippen LogP contribution in [0.25, 0.3) is 0 Å². The van der Waals surface area contributed by atoms with Gasteiger partial charge in [0.25, 0.3) is 0 Å². The van der Waals surface area contributed by atoms with Crippen molar-refractivity contribution in [3.05, 3.63) is 21.3 Å². The molecule has 1 saturated carbocycles. The number of nitrogens with zero attached hydrogens (tertiary/aromatic N) is 1. The van der Waals surface area contributed by atoms with Crippen LogP contribution in [0.3, 0.4) is 0 Å². The number of halogens is 2. The summed E-state index contributed by atoms with van der Waals surface area (Å²) in [6.45, 7) is 1.81. The number of anilines is 1. The van der Waals surface area contributed by atoms with Crippen molar-refractivity contribution >= 4 is 39.3 Å². The van der Waals surface area contributed by atoms with E-state index in [1.165, 1.54) is 0 Å². The third kappa shape index (κ3) is 1.90. The van der Waals surface area contributed by atoms with Gasteiger partial charge in [-0.15, -0.1) is 0 Å². The molecule has 0 aromatic carbocycles. The molecule has 19 heavy (non-hydrogen) atoms. The number of fused-ring (bicyclic) bond motifs is 2. The number of aliphatic hydroxyl groups is 1. The highest BCUT2D eigenvalue weighted by molar-refractivity contribution is 9.10. The topological polar surface area (TPSA) is 62.2 Å². The van der Waals surface area contributed by atoms with Gasteiger partial charge in [-0.25, -0.2) is 4.98 Å². The first-order valence-electron chi connectivity index (χ1n) is 6.24. The van der Waals surface area contributed by atoms with Gasteiger partial charge < -0.3 is 10.4 Å². The Morgan fingerprint density at radius 1 is 1.42 bits per heavy atom. The number of hydrogen-bond acceptors (Lipinski definition) is 3. The van der Waals surface area contributed by atoms with Gasteiger partial charge >= 0.3 is 0 Å². The summed E-state index contributed by atoms with van der Waals surface area (Å²) in [5.41, 5.74) is -0.546. The van der Waals surface area contributed by atoms with Crippen molar-refractivity contribution in [2.45, 2.75) is 43.6 Å². The van der Waals surface area contributed by atoms with Gasteiger partial charge in [0.2, 0.25) is 5.91 Å². The van der Waals surface area contributed by atoms with Gasteiger partial charge in [-0.2, -0.15) is 0 Å². The molecule has 1 aromatic rings. The third-order valence-electron chi connectivity index (χ3n) is 4.30. The first-order chi connectivity index (χ1) is 8.86. The highest BCUT2D eigenvalue weighted by Crippen LogP contribution is 2.52. The number of pyridine rings is 1. The van der Waals surface area contributed by atoms with E-state index >= 15 is 0 Å². The lowest BCUT2D eigenvalue weighted by Gasteiger charge is -2.39. The minimum absolute atomic E-state index is 0.0505. The maximum absolute atomic E-state index is 12.4. The fourth-order valence-electron chi connectivity index (χ4n) is 3.03. The third-order valence-corrected chi connectivity index (χ3v) is 5.52. The highest BCUT2D eigenvalue weighted by atomic mass is 79.9. The van der Waals surface area contributed by atoms with Crippen LogP contribution in [0.5, 0.6) is 0 Å². The smallest absolute Gasteiger partial charge is 0.236 e. The Morgan fingerprint density at radius 3 is 2.68 bits per heavy atom. The van der Waals surface area contributed by atoms with E-state index in [-0.39, 0.29) is 5.91 Å². The summed E-state index contributed by atoms with van der Waals surface area (Å²) in [6, 6.07) is 0. The molecule has 2 aliphatic rings. The van der Waals surface area contributed by atoms with Crippen LogP contribution in [0, 0.1) is 0 Å². The number of carbonyl (C=O) groups is 1. The van der Waals surface area contributed by atoms with Crippen LogP contribution >= 0.6 is 27.5 Å². The zero-order valence-corrected chi connectivity index (χ0v) is 12.8. The van der Waals surface area contributed by atoms with E-state index in [4.69, 9.17) is 11.6 Å². The van der Waals surface area contributed by atoms with Crippen molar-refractivity contribution in [3.63, 3.8) is 0 Å². The molecule has 1 amide bonds. The van der Waals surface area contributed by atoms with E-state index in [9.17, 15) is 9.90 Å². The second-order valence-electron chi connectivity index (χ2n) is 5.68. The lowest BCUT2D eigenvalue weighted by molar-refractivity contribution is -0.123. The van der Waals surface area contributed by atoms with Crippen LogP contribution in [0.15, 0.2) is 10.7 Å². The first-order valence-corrected chi connectivity index (χ1v) is 7.41. The molecule has 0 radical (unpaired) electrons. The Hall–Kier alpha value is -0.650. The fourth-order valence-corrected chi connectivity index (χ4v) is 3.65. The van der Waals surface area contributed by atoms with Gasteiger partial charge in [0.05, 0.1) is 20.5 Å². The van der Waals surface area contributed by atoms with Crippen LogP contribution in [0.1, 0.15) is 38.2 Å². The minimum Gasteiger partial charge on any atom is -0.390 e. The average Bonchev–Trinajstić information content (AvgIpc) is 2.62. The number of nitrogens with one attached hydrogen (secondary N) is 1. The molecule has 1 spiro atoms. The Balaban J connectivity index is 2.10. The van der Waals surface area contributed by atoms with Crippen molar-refractivity contribution in [2.75, 3.05) is 5.32 Å². The van der Waals surface area contributed by atoms with Crippen molar-refractivity contribution in [1.29, 1.82) is 0 Å². The van der Waals surface area contributed by atoms with E-state index in [1.807, 2.05) is 6.92 Å². The average molecular weight is 346 g/mol. The van der Waals surface area contributed by atoms with Gasteiger partial charge in [0, 0.05) is 11.8 Å². The Morgan fingerprint density at radius 2 is 2.05 bits per heavy atom. The van der Waals surface area contributed by atoms with Gasteiger partial charge in [0.1, 0.15) is 5.82 Å². The zero-order chi connectivity index (χ0) is 13.8. The molecule has 0 unspecified atom stereocenters. The van der Waals surface area contributed by atoms with E-state index in [0.717, 1.165) is 5.56 Å². The quantitative estimate of drug-likeness (QED) is 0.760. The van der Waals surface area contributed by atoms with Crippen LogP contribution in [0.4, 0.5) is 5.82 Å². The van der Waals surface area contributed by atoms with Gasteiger partial charge in [0.15, 0.2) is 0 Å². The summed E-state index contributed by atoms with van der Waals surface area (Å²) < 4.78 is 0.695. The molecule has 2 heterocycles. The zero-order valence-electron chi connectivity index (χ0n) is 10.5. The van der Waals surface area contributed by atoms with E-state index in [2.05, 4.69) is 26.2 Å². The molecule has 102 valence electrons. The maximum Gasteiger partial charge on any atom is 0.236 e. The lowest BCUT2D eigenvalue weighted by Crippen LogP contribution is -2.43. The van der Waals surface area contributed by atoms with Crippen LogP contribution in [0.2, 0.25) is 5.02 Å². The Kier molecular flexibility index (Phi) is 2.93. The van der Waals surface area contributed by atoms with Crippen molar-refractivity contribution in [2.24, 2.45) is 0 Å². The molecule has 1 aliphatic carbocycles. The summed E-state index contributed by atoms with van der Waals surface area (Å²) in [5.74, 6) is 0.505. The van der Waals surface area contributed by atoms with Crippen molar-refractivity contribution < 1.29 is 9.90 Å². The largest absolute Gasteiger partial charge is 0.390 e. The highest BCUT2D eigenvalue weighted by Gasteiger charge is 2.52. The SMILES string of the molecule is C[C@]1(O)CC[C@@]2(CC1)C(=O)Nc1ncc(Br)c(Cl)c12. The summed E-state index contributed by atoms with van der Waals surface area (Å²) in [4.78, 5) is 16.6. The monoisotopic (exact) mass is 344 g/mol. The van der Waals surface area contributed by atoms with Crippen LogP contribution in [-0.4, -0.2) is 21.6 Å². The molecule has 0 saturated heterocycles. The Labute approximate surface area is 124 Å². The van der Waals surface area contributed by atoms with Gasteiger partial charge in [-0.05, 0) is 48.5 Å². The molecular formula is C13H14BrClN2O2. The van der Waals surface area contributed by atoms with Gasteiger partial charge in [-0.1, -0.05) is 11.6 Å². The van der Waals surface area contributed by atoms with E-state index < -0.39 is 11.0 Å². The fraction of sp³-hybridized carbons (Fsp3) is 0.538. The molecule has 6 heteroatoms. The number of carbonyl (C=O) groups excluding carboxylic acids is 1. The molecule has 4 nitrogen and oxygen atoms in total. The predicted molar refractivity (Wildman–Crippen MR) is 76.3 cm³/mol. The van der Waals surface area contributed by atoms with Crippen molar-refractivity contribution in [3.8, 4) is 0 Å². The van der Waals surface area contributed by atoms with Crippen molar-refractivity contribution in [1.82, 2.24) is 4.98 Å². The second-order valence-corrected chi connectivity index (χ2v) is 6.91. The predicted octanol–water partition coefficient (Wildman–Crippen LogP) is 3.01. The molecule has 1 fully saturated rings. The molecular weight excluding hydrogens is 332 g/mol. The number of aromatic nitrogens is 1. The number of amides is 1. The molecule has 1 aromatic heterocycles. The molecule has 2 N–H and O–H groups in total. The molecule has 0 atom stereocenters. The normalized spacial score (nSPS) is 33.4. The lowest BCUT2D eigenvalue weighted by atomic mass is 9.66. The standard InChI is InChI=1S/C13H14BrClN2O2/c1-12(19)2-4-13(5-3-12)8-9(15)7(14)6-16-10(8)17-11(13)18/h6,19H,2-5H2,1H3,(H,16,17,18)/t12-,13-. The molecule has 3 rings (SSSR count). The van der Waals surface area contributed by atoms with Crippen LogP contribution < -0.4 is 5.32 Å². The maximum atomic E-state index is 12.4. The summed E-state index contributed by atoms with van der Waals surface area (Å²) in [7, 11) is 0. The molecule has 1 aliphatic heterocycles. The summed E-state index contributed by atoms with van der Waals surface area (Å²) in [5, 5.41) is 13.4.